The lowest BCUT2D eigenvalue weighted by molar-refractivity contribution is 0.174. The first-order valence-electron chi connectivity index (χ1n) is 5.57. The van der Waals surface area contributed by atoms with Crippen molar-refractivity contribution in [1.29, 1.82) is 0 Å². The summed E-state index contributed by atoms with van der Waals surface area (Å²) >= 11 is 0. The van der Waals surface area contributed by atoms with Crippen LogP contribution < -0.4 is 14.8 Å². The molecule has 0 aromatic heterocycles. The molecule has 1 saturated heterocycles. The van der Waals surface area contributed by atoms with Gasteiger partial charge in [0.1, 0.15) is 0 Å². The number of amides is 2. The molecule has 0 aliphatic carbocycles. The molecular weight excluding hydrogens is 220 g/mol. The predicted octanol–water partition coefficient (Wildman–Crippen LogP) is 1.42. The minimum absolute atomic E-state index is 0.0351. The van der Waals surface area contributed by atoms with Crippen molar-refractivity contribution >= 4 is 6.03 Å². The maximum Gasteiger partial charge on any atom is 0.317 e. The summed E-state index contributed by atoms with van der Waals surface area (Å²) in [5, 5.41) is 2.83. The van der Waals surface area contributed by atoms with E-state index in [1.807, 2.05) is 19.1 Å². The van der Waals surface area contributed by atoms with E-state index in [-0.39, 0.29) is 18.9 Å². The van der Waals surface area contributed by atoms with Crippen LogP contribution in [0.2, 0.25) is 0 Å². The molecule has 2 aliphatic rings. The summed E-state index contributed by atoms with van der Waals surface area (Å²) in [6.45, 7) is 2.93. The average Bonchev–Trinajstić information content (AvgIpc) is 2.86. The molecule has 1 N–H and O–H groups in total. The fraction of sp³-hybridized carbons (Fsp3) is 0.417. The number of rotatable bonds is 1. The molecule has 0 radical (unpaired) electrons. The summed E-state index contributed by atoms with van der Waals surface area (Å²) in [6.07, 6.45) is 0. The number of urea groups is 1. The van der Waals surface area contributed by atoms with Crippen molar-refractivity contribution in [3.63, 3.8) is 0 Å². The molecule has 2 amide bonds. The first-order chi connectivity index (χ1) is 8.16. The fourth-order valence-corrected chi connectivity index (χ4v) is 2.32. The molecule has 0 spiro atoms. The molecule has 0 bridgehead atoms. The average molecular weight is 234 g/mol. The number of aryl methyl sites for hydroxylation is 1. The molecule has 1 atom stereocenters. The quantitative estimate of drug-likeness (QED) is 0.799. The molecule has 2 aliphatic heterocycles. The normalized spacial score (nSPS) is 21.9. The SMILES string of the molecule is Cc1cc2c(cc1C1CNC(=O)N1C)OCO2. The monoisotopic (exact) mass is 234 g/mol. The van der Waals surface area contributed by atoms with Crippen molar-refractivity contribution in [2.45, 2.75) is 13.0 Å². The third-order valence-corrected chi connectivity index (χ3v) is 3.35. The molecule has 90 valence electrons. The molecule has 5 heteroatoms. The Kier molecular flexibility index (Phi) is 2.14. The van der Waals surface area contributed by atoms with Crippen molar-refractivity contribution in [3.8, 4) is 11.5 Å². The van der Waals surface area contributed by atoms with Crippen molar-refractivity contribution < 1.29 is 14.3 Å². The van der Waals surface area contributed by atoms with Crippen LogP contribution in [-0.2, 0) is 0 Å². The lowest BCUT2D eigenvalue weighted by Crippen LogP contribution is -2.25. The van der Waals surface area contributed by atoms with Crippen molar-refractivity contribution in [2.24, 2.45) is 0 Å². The van der Waals surface area contributed by atoms with Crippen LogP contribution in [0.1, 0.15) is 17.2 Å². The summed E-state index contributed by atoms with van der Waals surface area (Å²) in [5.41, 5.74) is 2.22. The Labute approximate surface area is 99.3 Å². The number of ether oxygens (including phenoxy) is 2. The van der Waals surface area contributed by atoms with Gasteiger partial charge in [0.15, 0.2) is 11.5 Å². The van der Waals surface area contributed by atoms with Gasteiger partial charge < -0.3 is 19.7 Å². The topological polar surface area (TPSA) is 50.8 Å². The molecule has 1 fully saturated rings. The fourth-order valence-electron chi connectivity index (χ4n) is 2.32. The highest BCUT2D eigenvalue weighted by atomic mass is 16.7. The smallest absolute Gasteiger partial charge is 0.317 e. The van der Waals surface area contributed by atoms with Gasteiger partial charge >= 0.3 is 6.03 Å². The second kappa shape index (κ2) is 3.55. The number of hydrogen-bond acceptors (Lipinski definition) is 3. The zero-order chi connectivity index (χ0) is 12.0. The number of nitrogens with zero attached hydrogens (tertiary/aromatic N) is 1. The zero-order valence-corrected chi connectivity index (χ0v) is 9.82. The second-order valence-electron chi connectivity index (χ2n) is 4.37. The van der Waals surface area contributed by atoms with E-state index < -0.39 is 0 Å². The lowest BCUT2D eigenvalue weighted by Gasteiger charge is -2.20. The highest BCUT2D eigenvalue weighted by molar-refractivity contribution is 5.77. The Hall–Kier alpha value is -1.91. The van der Waals surface area contributed by atoms with Crippen LogP contribution in [0.25, 0.3) is 0 Å². The third kappa shape index (κ3) is 1.50. The number of likely N-dealkylation sites (N-methyl/N-ethyl adjacent to an activating group) is 1. The Morgan fingerprint density at radius 3 is 2.71 bits per heavy atom. The first-order valence-corrected chi connectivity index (χ1v) is 5.57. The maximum atomic E-state index is 11.5. The highest BCUT2D eigenvalue weighted by Gasteiger charge is 2.31. The molecule has 5 nitrogen and oxygen atoms in total. The summed E-state index contributed by atoms with van der Waals surface area (Å²) in [6, 6.07) is 3.97. The molecule has 0 saturated carbocycles. The summed E-state index contributed by atoms with van der Waals surface area (Å²) < 4.78 is 10.7. The number of carbonyl (C=O) groups excluding carboxylic acids is 1. The van der Waals surface area contributed by atoms with Crippen molar-refractivity contribution in [3.05, 3.63) is 23.3 Å². The number of fused-ring (bicyclic) bond motifs is 1. The molecule has 2 heterocycles. The minimum Gasteiger partial charge on any atom is -0.454 e. The van der Waals surface area contributed by atoms with Crippen LogP contribution in [0.4, 0.5) is 4.79 Å². The van der Waals surface area contributed by atoms with E-state index in [0.29, 0.717) is 6.54 Å². The Balaban J connectivity index is 2.01. The number of nitrogens with one attached hydrogen (secondary N) is 1. The van der Waals surface area contributed by atoms with Crippen LogP contribution in [0, 0.1) is 6.92 Å². The van der Waals surface area contributed by atoms with Crippen LogP contribution >= 0.6 is 0 Å². The largest absolute Gasteiger partial charge is 0.454 e. The van der Waals surface area contributed by atoms with E-state index in [1.54, 1.807) is 11.9 Å². The number of benzene rings is 1. The van der Waals surface area contributed by atoms with Gasteiger partial charge in [-0.1, -0.05) is 0 Å². The molecule has 3 rings (SSSR count). The van der Waals surface area contributed by atoms with Gasteiger partial charge in [0.25, 0.3) is 0 Å². The number of carbonyl (C=O) groups is 1. The third-order valence-electron chi connectivity index (χ3n) is 3.35. The molecule has 1 aromatic rings. The van der Waals surface area contributed by atoms with E-state index in [0.717, 1.165) is 22.6 Å². The van der Waals surface area contributed by atoms with Crippen molar-refractivity contribution in [2.75, 3.05) is 20.4 Å². The van der Waals surface area contributed by atoms with E-state index in [1.165, 1.54) is 0 Å². The van der Waals surface area contributed by atoms with Crippen LogP contribution in [0.3, 0.4) is 0 Å². The summed E-state index contributed by atoms with van der Waals surface area (Å²) in [7, 11) is 1.80. The maximum absolute atomic E-state index is 11.5. The Morgan fingerprint density at radius 1 is 1.35 bits per heavy atom. The van der Waals surface area contributed by atoms with Gasteiger partial charge in [-0.3, -0.25) is 0 Å². The van der Waals surface area contributed by atoms with Gasteiger partial charge in [0.05, 0.1) is 6.04 Å². The standard InChI is InChI=1S/C12H14N2O3/c1-7-3-10-11(17-6-16-10)4-8(7)9-5-13-12(15)14(9)2/h3-4,9H,5-6H2,1-2H3,(H,13,15). The minimum atomic E-state index is -0.0351. The van der Waals surface area contributed by atoms with Crippen LogP contribution in [0.5, 0.6) is 11.5 Å². The zero-order valence-electron chi connectivity index (χ0n) is 9.82. The van der Waals surface area contributed by atoms with Gasteiger partial charge in [0.2, 0.25) is 6.79 Å². The van der Waals surface area contributed by atoms with E-state index in [9.17, 15) is 4.79 Å². The van der Waals surface area contributed by atoms with E-state index in [2.05, 4.69) is 5.32 Å². The molecule has 1 aromatic carbocycles. The molecule has 17 heavy (non-hydrogen) atoms. The van der Waals surface area contributed by atoms with Gasteiger partial charge in [0, 0.05) is 13.6 Å². The second-order valence-corrected chi connectivity index (χ2v) is 4.37. The summed E-state index contributed by atoms with van der Waals surface area (Å²) in [4.78, 5) is 13.2. The van der Waals surface area contributed by atoms with Gasteiger partial charge in [-0.2, -0.15) is 0 Å². The molecule has 1 unspecified atom stereocenters. The van der Waals surface area contributed by atoms with Crippen LogP contribution in [0.15, 0.2) is 12.1 Å². The highest BCUT2D eigenvalue weighted by Crippen LogP contribution is 2.38. The van der Waals surface area contributed by atoms with Gasteiger partial charge in [-0.05, 0) is 30.2 Å². The Morgan fingerprint density at radius 2 is 2.06 bits per heavy atom. The summed E-state index contributed by atoms with van der Waals surface area (Å²) in [5.74, 6) is 1.55. The Bertz CT molecular complexity index is 487. The van der Waals surface area contributed by atoms with Gasteiger partial charge in [-0.15, -0.1) is 0 Å². The molecular formula is C12H14N2O3. The van der Waals surface area contributed by atoms with E-state index in [4.69, 9.17) is 9.47 Å². The van der Waals surface area contributed by atoms with E-state index >= 15 is 0 Å². The lowest BCUT2D eigenvalue weighted by atomic mass is 10.0. The van der Waals surface area contributed by atoms with Crippen LogP contribution in [-0.4, -0.2) is 31.3 Å². The van der Waals surface area contributed by atoms with Gasteiger partial charge in [-0.25, -0.2) is 4.79 Å². The number of hydrogen-bond donors (Lipinski definition) is 1. The predicted molar refractivity (Wildman–Crippen MR) is 61.2 cm³/mol. The van der Waals surface area contributed by atoms with Crippen molar-refractivity contribution in [1.82, 2.24) is 10.2 Å². The first kappa shape index (κ1) is 10.3.